The number of carbonyl (C=O) groups excluding carboxylic acids is 1. The number of nitrogens with one attached hydrogen (secondary N) is 1. The Bertz CT molecular complexity index is 1160. The summed E-state index contributed by atoms with van der Waals surface area (Å²) in [6, 6.07) is 20.6. The van der Waals surface area contributed by atoms with Crippen molar-refractivity contribution in [3.8, 4) is 5.75 Å². The number of aryl methyl sites for hydroxylation is 1. The van der Waals surface area contributed by atoms with Crippen LogP contribution in [-0.4, -0.2) is 32.9 Å². The third-order valence-corrected chi connectivity index (χ3v) is 6.12. The number of carbonyl (C=O) groups is 1. The molecule has 0 atom stereocenters. The largest absolute Gasteiger partial charge is 0.494 e. The van der Waals surface area contributed by atoms with Gasteiger partial charge < -0.3 is 9.64 Å². The van der Waals surface area contributed by atoms with Gasteiger partial charge in [0.05, 0.1) is 11.5 Å². The van der Waals surface area contributed by atoms with E-state index in [-0.39, 0.29) is 10.8 Å². The highest BCUT2D eigenvalue weighted by Crippen LogP contribution is 2.22. The van der Waals surface area contributed by atoms with Crippen LogP contribution in [0.1, 0.15) is 28.4 Å². The summed E-state index contributed by atoms with van der Waals surface area (Å²) < 4.78 is 33.5. The van der Waals surface area contributed by atoms with E-state index in [4.69, 9.17) is 4.74 Å². The Morgan fingerprint density at radius 1 is 1.00 bits per heavy atom. The van der Waals surface area contributed by atoms with Gasteiger partial charge in [-0.15, -0.1) is 0 Å². The Labute approximate surface area is 183 Å². The number of amides is 1. The predicted octanol–water partition coefficient (Wildman–Crippen LogP) is 4.47. The summed E-state index contributed by atoms with van der Waals surface area (Å²) >= 11 is 0. The Kier molecular flexibility index (Phi) is 6.97. The fourth-order valence-corrected chi connectivity index (χ4v) is 4.18. The van der Waals surface area contributed by atoms with Crippen molar-refractivity contribution in [2.45, 2.75) is 25.3 Å². The van der Waals surface area contributed by atoms with E-state index >= 15 is 0 Å². The van der Waals surface area contributed by atoms with Crippen molar-refractivity contribution in [3.05, 3.63) is 89.5 Å². The lowest BCUT2D eigenvalue weighted by Gasteiger charge is -2.20. The molecule has 3 aromatic carbocycles. The molecule has 162 valence electrons. The van der Waals surface area contributed by atoms with Crippen molar-refractivity contribution >= 4 is 21.6 Å². The number of sulfonamides is 1. The van der Waals surface area contributed by atoms with E-state index in [1.165, 1.54) is 0 Å². The van der Waals surface area contributed by atoms with Crippen molar-refractivity contribution in [1.29, 1.82) is 0 Å². The van der Waals surface area contributed by atoms with E-state index in [0.717, 1.165) is 16.9 Å². The molecule has 0 aliphatic carbocycles. The molecule has 1 amide bonds. The monoisotopic (exact) mass is 438 g/mol. The first-order valence-corrected chi connectivity index (χ1v) is 11.4. The number of ether oxygens (including phenoxy) is 1. The number of para-hydroxylation sites is 1. The number of hydrogen-bond donors (Lipinski definition) is 1. The molecule has 1 N–H and O–H groups in total. The van der Waals surface area contributed by atoms with Gasteiger partial charge in [-0.25, -0.2) is 8.42 Å². The van der Waals surface area contributed by atoms with Crippen molar-refractivity contribution in [2.24, 2.45) is 0 Å². The summed E-state index contributed by atoms with van der Waals surface area (Å²) in [5, 5.41) is 0. The molecule has 6 nitrogen and oxygen atoms in total. The van der Waals surface area contributed by atoms with Crippen LogP contribution in [0.5, 0.6) is 5.75 Å². The summed E-state index contributed by atoms with van der Waals surface area (Å²) in [4.78, 5) is 14.7. The average Bonchev–Trinajstić information content (AvgIpc) is 2.75. The Morgan fingerprint density at radius 2 is 1.71 bits per heavy atom. The molecule has 0 saturated heterocycles. The molecule has 3 rings (SSSR count). The molecule has 0 fully saturated rings. The number of nitrogens with zero attached hydrogens (tertiary/aromatic N) is 1. The summed E-state index contributed by atoms with van der Waals surface area (Å²) in [5.41, 5.74) is 2.59. The molecule has 0 saturated carbocycles. The molecular formula is C24H26N2O4S. The van der Waals surface area contributed by atoms with Crippen LogP contribution in [0.25, 0.3) is 0 Å². The minimum atomic E-state index is -3.74. The van der Waals surface area contributed by atoms with Crippen LogP contribution in [0, 0.1) is 6.92 Å². The zero-order valence-electron chi connectivity index (χ0n) is 17.8. The van der Waals surface area contributed by atoms with Crippen molar-refractivity contribution in [1.82, 2.24) is 4.90 Å². The summed E-state index contributed by atoms with van der Waals surface area (Å²) in [5.74, 6) is 0.520. The van der Waals surface area contributed by atoms with Crippen molar-refractivity contribution in [2.75, 3.05) is 18.4 Å². The molecule has 0 spiro atoms. The van der Waals surface area contributed by atoms with Crippen LogP contribution >= 0.6 is 0 Å². The fraction of sp³-hybridized carbons (Fsp3) is 0.208. The molecule has 0 bridgehead atoms. The smallest absolute Gasteiger partial charge is 0.261 e. The van der Waals surface area contributed by atoms with Gasteiger partial charge in [-0.2, -0.15) is 0 Å². The molecule has 0 unspecified atom stereocenters. The van der Waals surface area contributed by atoms with Crippen LogP contribution in [-0.2, 0) is 16.6 Å². The van der Waals surface area contributed by atoms with Gasteiger partial charge >= 0.3 is 0 Å². The molecule has 7 heteroatoms. The molecule has 31 heavy (non-hydrogen) atoms. The van der Waals surface area contributed by atoms with E-state index in [1.807, 2.05) is 38.1 Å². The van der Waals surface area contributed by atoms with E-state index in [0.29, 0.717) is 24.4 Å². The maximum absolute atomic E-state index is 13.0. The number of anilines is 1. The van der Waals surface area contributed by atoms with Crippen LogP contribution < -0.4 is 9.46 Å². The minimum Gasteiger partial charge on any atom is -0.494 e. The number of hydrogen-bond acceptors (Lipinski definition) is 4. The molecule has 0 aromatic heterocycles. The normalized spacial score (nSPS) is 11.1. The van der Waals surface area contributed by atoms with Crippen LogP contribution in [0.4, 0.5) is 5.69 Å². The summed E-state index contributed by atoms with van der Waals surface area (Å²) in [6.45, 7) is 4.71. The lowest BCUT2D eigenvalue weighted by atomic mass is 10.1. The topological polar surface area (TPSA) is 75.7 Å². The highest BCUT2D eigenvalue weighted by atomic mass is 32.2. The predicted molar refractivity (Wildman–Crippen MR) is 122 cm³/mol. The Hall–Kier alpha value is -3.32. The lowest BCUT2D eigenvalue weighted by molar-refractivity contribution is 0.0784. The van der Waals surface area contributed by atoms with Gasteiger partial charge in [0.25, 0.3) is 15.9 Å². The third-order valence-electron chi connectivity index (χ3n) is 4.72. The maximum atomic E-state index is 13.0. The van der Waals surface area contributed by atoms with Gasteiger partial charge in [0.1, 0.15) is 5.75 Å². The van der Waals surface area contributed by atoms with Gasteiger partial charge in [0.15, 0.2) is 0 Å². The number of rotatable bonds is 8. The van der Waals surface area contributed by atoms with Gasteiger partial charge in [-0.1, -0.05) is 42.0 Å². The van der Waals surface area contributed by atoms with Crippen molar-refractivity contribution in [3.63, 3.8) is 0 Å². The molecule has 0 aliphatic rings. The molecule has 0 aliphatic heterocycles. The lowest BCUT2D eigenvalue weighted by Crippen LogP contribution is -2.26. The first kappa shape index (κ1) is 22.4. The molecular weight excluding hydrogens is 412 g/mol. The van der Waals surface area contributed by atoms with Crippen LogP contribution in [0.3, 0.4) is 0 Å². The average molecular weight is 439 g/mol. The molecule has 3 aromatic rings. The van der Waals surface area contributed by atoms with Gasteiger partial charge in [-0.05, 0) is 50.2 Å². The van der Waals surface area contributed by atoms with E-state index in [1.54, 1.807) is 60.5 Å². The summed E-state index contributed by atoms with van der Waals surface area (Å²) in [7, 11) is -2.04. The second kappa shape index (κ2) is 9.66. The third kappa shape index (κ3) is 5.64. The van der Waals surface area contributed by atoms with Gasteiger partial charge in [-0.3, -0.25) is 9.52 Å². The summed E-state index contributed by atoms with van der Waals surface area (Å²) in [6.07, 6.45) is 0. The highest BCUT2D eigenvalue weighted by molar-refractivity contribution is 7.92. The maximum Gasteiger partial charge on any atom is 0.261 e. The van der Waals surface area contributed by atoms with E-state index in [2.05, 4.69) is 4.72 Å². The zero-order valence-corrected chi connectivity index (χ0v) is 18.6. The number of benzene rings is 3. The quantitative estimate of drug-likeness (QED) is 0.563. The van der Waals surface area contributed by atoms with E-state index < -0.39 is 10.0 Å². The van der Waals surface area contributed by atoms with Crippen LogP contribution in [0.2, 0.25) is 0 Å². The highest BCUT2D eigenvalue weighted by Gasteiger charge is 2.17. The van der Waals surface area contributed by atoms with Crippen LogP contribution in [0.15, 0.2) is 77.7 Å². The van der Waals surface area contributed by atoms with Gasteiger partial charge in [0, 0.05) is 30.4 Å². The molecule has 0 radical (unpaired) electrons. The zero-order chi connectivity index (χ0) is 22.4. The molecule has 0 heterocycles. The first-order chi connectivity index (χ1) is 14.8. The Morgan fingerprint density at radius 3 is 2.42 bits per heavy atom. The first-order valence-electron chi connectivity index (χ1n) is 9.96. The second-order valence-electron chi connectivity index (χ2n) is 7.20. The fourth-order valence-electron chi connectivity index (χ4n) is 3.13. The minimum absolute atomic E-state index is 0.166. The van der Waals surface area contributed by atoms with E-state index in [9.17, 15) is 13.2 Å². The van der Waals surface area contributed by atoms with Gasteiger partial charge in [0.2, 0.25) is 0 Å². The SMILES string of the molecule is CCOc1ccccc1CN(C)C(=O)c1cccc(NS(=O)(=O)c2ccc(C)cc2)c1. The Balaban J connectivity index is 1.76. The standard InChI is InChI=1S/C24H26N2O4S/c1-4-30-23-11-6-5-8-20(23)17-26(3)24(27)19-9-7-10-21(16-19)25-31(28,29)22-14-12-18(2)13-15-22/h5-16,25H,4,17H2,1-3H3. The van der Waals surface area contributed by atoms with Crippen molar-refractivity contribution < 1.29 is 17.9 Å². The second-order valence-corrected chi connectivity index (χ2v) is 8.88.